The van der Waals surface area contributed by atoms with Crippen molar-refractivity contribution in [3.8, 4) is 5.75 Å². The summed E-state index contributed by atoms with van der Waals surface area (Å²) in [5, 5.41) is 30.2. The molecule has 1 saturated carbocycles. The summed E-state index contributed by atoms with van der Waals surface area (Å²) in [6.45, 7) is 0.789. The first-order valence-electron chi connectivity index (χ1n) is 13.0. The van der Waals surface area contributed by atoms with Gasteiger partial charge in [0.1, 0.15) is 11.9 Å². The first-order chi connectivity index (χ1) is 19.6. The molecule has 0 atom stereocenters. The second-order valence-electron chi connectivity index (χ2n) is 9.64. The van der Waals surface area contributed by atoms with Crippen LogP contribution in [-0.2, 0) is 13.1 Å². The fraction of sp³-hybridized carbons (Fsp3) is 0.370. The molecule has 1 aliphatic carbocycles. The van der Waals surface area contributed by atoms with E-state index in [1.54, 1.807) is 30.3 Å². The third kappa shape index (κ3) is 8.51. The monoisotopic (exact) mass is 574 g/mol. The van der Waals surface area contributed by atoms with Gasteiger partial charge in [0.15, 0.2) is 0 Å². The van der Waals surface area contributed by atoms with Gasteiger partial charge in [-0.15, -0.1) is 13.2 Å². The number of rotatable bonds is 12. The summed E-state index contributed by atoms with van der Waals surface area (Å²) in [6, 6.07) is 12.7. The first-order valence-corrected chi connectivity index (χ1v) is 13.0. The Bertz CT molecular complexity index is 1370. The van der Waals surface area contributed by atoms with Gasteiger partial charge in [-0.05, 0) is 49.3 Å². The van der Waals surface area contributed by atoms with E-state index in [1.165, 1.54) is 18.2 Å². The number of aromatic nitrogens is 2. The van der Waals surface area contributed by atoms with E-state index in [2.05, 4.69) is 30.7 Å². The largest absolute Gasteiger partial charge is 0.573 e. The molecule has 0 amide bonds. The zero-order chi connectivity index (χ0) is 29.4. The van der Waals surface area contributed by atoms with Gasteiger partial charge >= 0.3 is 18.0 Å². The number of alkyl halides is 3. The van der Waals surface area contributed by atoms with Crippen molar-refractivity contribution in [1.29, 1.82) is 0 Å². The lowest BCUT2D eigenvalue weighted by Gasteiger charge is -2.29. The van der Waals surface area contributed by atoms with Crippen LogP contribution in [0.15, 0.2) is 54.7 Å². The van der Waals surface area contributed by atoms with E-state index >= 15 is 0 Å². The van der Waals surface area contributed by atoms with Gasteiger partial charge in [-0.1, -0.05) is 36.4 Å². The van der Waals surface area contributed by atoms with Crippen LogP contribution in [0.3, 0.4) is 0 Å². The zero-order valence-corrected chi connectivity index (χ0v) is 21.9. The minimum Gasteiger partial charge on any atom is -0.478 e. The molecule has 4 N–H and O–H groups in total. The second-order valence-corrected chi connectivity index (χ2v) is 9.64. The number of hydrogen-bond acceptors (Lipinski definition) is 9. The Morgan fingerprint density at radius 3 is 2.39 bits per heavy atom. The Labute approximate surface area is 233 Å². The molecular weight excluding hydrogens is 545 g/mol. The number of halogens is 3. The fourth-order valence-electron chi connectivity index (χ4n) is 4.72. The highest BCUT2D eigenvalue weighted by atomic mass is 19.4. The van der Waals surface area contributed by atoms with Crippen molar-refractivity contribution in [2.24, 2.45) is 5.92 Å². The molecular formula is C27H29F3N6O5. The molecule has 1 aliphatic rings. The standard InChI is InChI=1S/C27H29F3N6O5/c28-27(29,30)41-23-8-4-2-6-19(23)15-33-26-34-16-22(36(39)40)24(35-26)32-13-17-9-11-20(12-10-17)31-14-18-5-1-3-7-21(18)25(37)38/h1-8,16-17,20,31H,9-15H2,(H,37,38)(H2,32,33,34,35). The highest BCUT2D eigenvalue weighted by Crippen LogP contribution is 2.29. The zero-order valence-electron chi connectivity index (χ0n) is 21.9. The van der Waals surface area contributed by atoms with Crippen LogP contribution in [0.4, 0.5) is 30.6 Å². The maximum Gasteiger partial charge on any atom is 0.573 e. The summed E-state index contributed by atoms with van der Waals surface area (Å²) >= 11 is 0. The van der Waals surface area contributed by atoms with Crippen LogP contribution in [0, 0.1) is 16.0 Å². The predicted molar refractivity (Wildman–Crippen MR) is 144 cm³/mol. The summed E-state index contributed by atoms with van der Waals surface area (Å²) in [5.74, 6) is -1.08. The summed E-state index contributed by atoms with van der Waals surface area (Å²) in [4.78, 5) is 30.5. The van der Waals surface area contributed by atoms with E-state index < -0.39 is 17.3 Å². The van der Waals surface area contributed by atoms with Gasteiger partial charge in [0, 0.05) is 31.2 Å². The number of carboxylic acids is 1. The maximum absolute atomic E-state index is 12.7. The molecule has 4 rings (SSSR count). The molecule has 0 bridgehead atoms. The van der Waals surface area contributed by atoms with Crippen LogP contribution >= 0.6 is 0 Å². The Morgan fingerprint density at radius 1 is 1.02 bits per heavy atom. The Kier molecular flexibility index (Phi) is 9.55. The number of nitrogens with one attached hydrogen (secondary N) is 3. The first kappa shape index (κ1) is 29.5. The molecule has 0 aliphatic heterocycles. The van der Waals surface area contributed by atoms with Crippen LogP contribution < -0.4 is 20.7 Å². The molecule has 1 heterocycles. The van der Waals surface area contributed by atoms with Crippen molar-refractivity contribution in [2.45, 2.75) is 51.2 Å². The van der Waals surface area contributed by atoms with Crippen LogP contribution in [0.2, 0.25) is 0 Å². The van der Waals surface area contributed by atoms with Crippen LogP contribution in [-0.4, -0.2) is 44.9 Å². The van der Waals surface area contributed by atoms with E-state index in [9.17, 15) is 33.2 Å². The van der Waals surface area contributed by atoms with Crippen LogP contribution in [0.1, 0.15) is 47.2 Å². The Morgan fingerprint density at radius 2 is 1.71 bits per heavy atom. The normalized spacial score (nSPS) is 17.0. The maximum atomic E-state index is 12.7. The third-order valence-corrected chi connectivity index (χ3v) is 6.84. The molecule has 11 nitrogen and oxygen atoms in total. The SMILES string of the molecule is O=C(O)c1ccccc1CNC1CCC(CNc2nc(NCc3ccccc3OC(F)(F)F)ncc2[N+](=O)[O-])CC1. The molecule has 0 radical (unpaired) electrons. The van der Waals surface area contributed by atoms with Crippen molar-refractivity contribution < 1.29 is 32.7 Å². The lowest BCUT2D eigenvalue weighted by molar-refractivity contribution is -0.384. The second kappa shape index (κ2) is 13.3. The number of nitro groups is 1. The van der Waals surface area contributed by atoms with E-state index in [4.69, 9.17) is 0 Å². The molecule has 0 unspecified atom stereocenters. The molecule has 2 aromatic carbocycles. The number of nitrogens with zero attached hydrogens (tertiary/aromatic N) is 3. The lowest BCUT2D eigenvalue weighted by Crippen LogP contribution is -2.34. The highest BCUT2D eigenvalue weighted by Gasteiger charge is 2.32. The molecule has 3 aromatic rings. The number of carbonyl (C=O) groups is 1. The van der Waals surface area contributed by atoms with Gasteiger partial charge in [-0.25, -0.2) is 9.78 Å². The average Bonchev–Trinajstić information content (AvgIpc) is 2.94. The summed E-state index contributed by atoms with van der Waals surface area (Å²) < 4.78 is 42.2. The molecule has 1 fully saturated rings. The van der Waals surface area contributed by atoms with Crippen molar-refractivity contribution in [3.05, 3.63) is 81.5 Å². The minimum atomic E-state index is -4.85. The summed E-state index contributed by atoms with van der Waals surface area (Å²) in [6.07, 6.45) is -0.376. The molecule has 0 saturated heterocycles. The van der Waals surface area contributed by atoms with Gasteiger partial charge in [0.25, 0.3) is 0 Å². The van der Waals surface area contributed by atoms with Crippen molar-refractivity contribution in [2.75, 3.05) is 17.2 Å². The number of benzene rings is 2. The number of aromatic carboxylic acids is 1. The van der Waals surface area contributed by atoms with E-state index in [0.29, 0.717) is 13.1 Å². The van der Waals surface area contributed by atoms with Crippen molar-refractivity contribution in [1.82, 2.24) is 15.3 Å². The van der Waals surface area contributed by atoms with Crippen molar-refractivity contribution >= 4 is 23.4 Å². The summed E-state index contributed by atoms with van der Waals surface area (Å²) in [5.41, 5.74) is 0.889. The van der Waals surface area contributed by atoms with E-state index in [1.807, 2.05) is 0 Å². The highest BCUT2D eigenvalue weighted by molar-refractivity contribution is 5.89. The number of anilines is 2. The van der Waals surface area contributed by atoms with Gasteiger partial charge in [0.05, 0.1) is 10.5 Å². The van der Waals surface area contributed by atoms with Gasteiger partial charge in [-0.2, -0.15) is 4.98 Å². The predicted octanol–water partition coefficient (Wildman–Crippen LogP) is 5.35. The van der Waals surface area contributed by atoms with Crippen LogP contribution in [0.5, 0.6) is 5.75 Å². The lowest BCUT2D eigenvalue weighted by atomic mass is 9.86. The Hall–Kier alpha value is -4.46. The van der Waals surface area contributed by atoms with Gasteiger partial charge in [0.2, 0.25) is 11.8 Å². The van der Waals surface area contributed by atoms with Gasteiger partial charge in [-0.3, -0.25) is 10.1 Å². The molecule has 14 heteroatoms. The average molecular weight is 575 g/mol. The van der Waals surface area contributed by atoms with Gasteiger partial charge < -0.3 is 25.8 Å². The van der Waals surface area contributed by atoms with E-state index in [-0.39, 0.29) is 52.8 Å². The van der Waals surface area contributed by atoms with E-state index in [0.717, 1.165) is 37.4 Å². The third-order valence-electron chi connectivity index (χ3n) is 6.84. The number of carboxylic acid groups (broad SMARTS) is 1. The van der Waals surface area contributed by atoms with Crippen molar-refractivity contribution in [3.63, 3.8) is 0 Å². The summed E-state index contributed by atoms with van der Waals surface area (Å²) in [7, 11) is 0. The quantitative estimate of drug-likeness (QED) is 0.164. The minimum absolute atomic E-state index is 0.00876. The number of hydrogen-bond donors (Lipinski definition) is 4. The Balaban J connectivity index is 1.31. The molecule has 41 heavy (non-hydrogen) atoms. The molecule has 1 aromatic heterocycles. The molecule has 218 valence electrons. The smallest absolute Gasteiger partial charge is 0.478 e. The molecule has 0 spiro atoms. The topological polar surface area (TPSA) is 152 Å². The number of para-hydroxylation sites is 1. The van der Waals surface area contributed by atoms with Crippen LogP contribution in [0.25, 0.3) is 0 Å². The number of ether oxygens (including phenoxy) is 1. The fourth-order valence-corrected chi connectivity index (χ4v) is 4.72.